The molecule has 0 amide bonds. The summed E-state index contributed by atoms with van der Waals surface area (Å²) in [5, 5.41) is 0. The van der Waals surface area contributed by atoms with Crippen molar-refractivity contribution < 1.29 is 13.2 Å². The molecule has 1 heterocycles. The van der Waals surface area contributed by atoms with Gasteiger partial charge in [0.15, 0.2) is 0 Å². The zero-order valence-corrected chi connectivity index (χ0v) is 14.3. The van der Waals surface area contributed by atoms with E-state index in [0.29, 0.717) is 23.9 Å². The van der Waals surface area contributed by atoms with Gasteiger partial charge in [0.1, 0.15) is 0 Å². The van der Waals surface area contributed by atoms with Crippen LogP contribution in [0.15, 0.2) is 17.0 Å². The SMILES string of the molecule is COC1CCN(S(=O)(=O)c2cc(CCl)cc(C)c2C)CC1. The van der Waals surface area contributed by atoms with E-state index in [1.807, 2.05) is 19.9 Å². The van der Waals surface area contributed by atoms with Gasteiger partial charge < -0.3 is 4.74 Å². The lowest BCUT2D eigenvalue weighted by Crippen LogP contribution is -2.40. The number of sulfonamides is 1. The summed E-state index contributed by atoms with van der Waals surface area (Å²) in [5.74, 6) is 0.315. The minimum absolute atomic E-state index is 0.161. The second-order valence-electron chi connectivity index (χ2n) is 5.51. The number of halogens is 1. The monoisotopic (exact) mass is 331 g/mol. The minimum Gasteiger partial charge on any atom is -0.381 e. The fourth-order valence-electron chi connectivity index (χ4n) is 2.69. The summed E-state index contributed by atoms with van der Waals surface area (Å²) < 4.78 is 32.6. The Morgan fingerprint density at radius 1 is 1.29 bits per heavy atom. The minimum atomic E-state index is -3.46. The van der Waals surface area contributed by atoms with Crippen LogP contribution in [0.3, 0.4) is 0 Å². The third kappa shape index (κ3) is 3.42. The Morgan fingerprint density at radius 3 is 2.43 bits per heavy atom. The molecule has 0 atom stereocenters. The highest BCUT2D eigenvalue weighted by atomic mass is 35.5. The molecule has 1 fully saturated rings. The Morgan fingerprint density at radius 2 is 1.90 bits per heavy atom. The lowest BCUT2D eigenvalue weighted by molar-refractivity contribution is 0.0604. The van der Waals surface area contributed by atoms with Crippen molar-refractivity contribution in [3.63, 3.8) is 0 Å². The second-order valence-corrected chi connectivity index (χ2v) is 7.68. The average molecular weight is 332 g/mol. The predicted octanol–water partition coefficient (Wildman–Crippen LogP) is 2.84. The van der Waals surface area contributed by atoms with Crippen LogP contribution in [0.2, 0.25) is 0 Å². The molecule has 6 heteroatoms. The van der Waals surface area contributed by atoms with Crippen molar-refractivity contribution in [3.05, 3.63) is 28.8 Å². The maximum Gasteiger partial charge on any atom is 0.243 e. The van der Waals surface area contributed by atoms with E-state index in [-0.39, 0.29) is 6.10 Å². The van der Waals surface area contributed by atoms with E-state index in [2.05, 4.69) is 0 Å². The third-order valence-corrected chi connectivity index (χ3v) is 6.52. The van der Waals surface area contributed by atoms with Crippen molar-refractivity contribution in [3.8, 4) is 0 Å². The van der Waals surface area contributed by atoms with Crippen molar-refractivity contribution in [1.29, 1.82) is 0 Å². The summed E-state index contributed by atoms with van der Waals surface area (Å²) in [6.45, 7) is 4.78. The molecule has 21 heavy (non-hydrogen) atoms. The van der Waals surface area contributed by atoms with Gasteiger partial charge in [0.25, 0.3) is 0 Å². The van der Waals surface area contributed by atoms with Crippen LogP contribution in [0.1, 0.15) is 29.5 Å². The normalized spacial score (nSPS) is 18.1. The number of ether oxygens (including phenoxy) is 1. The highest BCUT2D eigenvalue weighted by Crippen LogP contribution is 2.27. The molecule has 1 aromatic rings. The molecule has 0 spiro atoms. The van der Waals surface area contributed by atoms with Crippen LogP contribution >= 0.6 is 11.6 Å². The first kappa shape index (κ1) is 16.7. The molecular formula is C15H22ClNO3S. The highest BCUT2D eigenvalue weighted by molar-refractivity contribution is 7.89. The first-order valence-corrected chi connectivity index (χ1v) is 9.06. The summed E-state index contributed by atoms with van der Waals surface area (Å²) in [6.07, 6.45) is 1.64. The fraction of sp³-hybridized carbons (Fsp3) is 0.600. The molecule has 0 radical (unpaired) electrons. The predicted molar refractivity (Wildman–Crippen MR) is 84.3 cm³/mol. The third-order valence-electron chi connectivity index (χ3n) is 4.19. The van der Waals surface area contributed by atoms with Gasteiger partial charge in [-0.25, -0.2) is 8.42 Å². The van der Waals surface area contributed by atoms with Gasteiger partial charge in [0, 0.05) is 26.1 Å². The van der Waals surface area contributed by atoms with Gasteiger partial charge in [-0.2, -0.15) is 4.31 Å². The van der Waals surface area contributed by atoms with Crippen molar-refractivity contribution >= 4 is 21.6 Å². The van der Waals surface area contributed by atoms with E-state index in [1.165, 1.54) is 0 Å². The number of alkyl halides is 1. The Kier molecular flexibility index (Phi) is 5.30. The van der Waals surface area contributed by atoms with Crippen molar-refractivity contribution in [2.45, 2.75) is 43.6 Å². The smallest absolute Gasteiger partial charge is 0.243 e. The summed E-state index contributed by atoms with van der Waals surface area (Å²) in [7, 11) is -1.79. The topological polar surface area (TPSA) is 46.6 Å². The van der Waals surface area contributed by atoms with Gasteiger partial charge in [0.2, 0.25) is 10.0 Å². The molecule has 1 aromatic carbocycles. The van der Waals surface area contributed by atoms with E-state index in [9.17, 15) is 8.42 Å². The van der Waals surface area contributed by atoms with Crippen LogP contribution in [-0.2, 0) is 20.6 Å². The Hall–Kier alpha value is -0.620. The van der Waals surface area contributed by atoms with E-state index in [4.69, 9.17) is 16.3 Å². The summed E-state index contributed by atoms with van der Waals surface area (Å²) in [4.78, 5) is 0.383. The van der Waals surface area contributed by atoms with Crippen molar-refractivity contribution in [1.82, 2.24) is 4.31 Å². The highest BCUT2D eigenvalue weighted by Gasteiger charge is 2.30. The van der Waals surface area contributed by atoms with Crippen molar-refractivity contribution in [2.75, 3.05) is 20.2 Å². The maximum absolute atomic E-state index is 12.9. The number of piperidine rings is 1. The van der Waals surface area contributed by atoms with Gasteiger partial charge in [0.05, 0.1) is 11.0 Å². The summed E-state index contributed by atoms with van der Waals surface area (Å²) in [5.41, 5.74) is 2.60. The number of aryl methyl sites for hydroxylation is 1. The van der Waals surface area contributed by atoms with E-state index < -0.39 is 10.0 Å². The largest absolute Gasteiger partial charge is 0.381 e. The number of benzene rings is 1. The van der Waals surface area contributed by atoms with Gasteiger partial charge in [-0.1, -0.05) is 6.07 Å². The Balaban J connectivity index is 2.34. The molecule has 0 N–H and O–H groups in total. The molecular weight excluding hydrogens is 310 g/mol. The summed E-state index contributed by atoms with van der Waals surface area (Å²) >= 11 is 5.87. The number of hydrogen-bond donors (Lipinski definition) is 0. The molecule has 1 aliphatic rings. The van der Waals surface area contributed by atoms with Gasteiger partial charge in [-0.3, -0.25) is 0 Å². The molecule has 1 saturated heterocycles. The Bertz CT molecular complexity index is 608. The van der Waals surface area contributed by atoms with E-state index in [1.54, 1.807) is 17.5 Å². The lowest BCUT2D eigenvalue weighted by atomic mass is 10.1. The summed E-state index contributed by atoms with van der Waals surface area (Å²) in [6, 6.07) is 3.64. The number of hydrogen-bond acceptors (Lipinski definition) is 3. The average Bonchev–Trinajstić information content (AvgIpc) is 2.49. The molecule has 0 saturated carbocycles. The van der Waals surface area contributed by atoms with Crippen LogP contribution in [0, 0.1) is 13.8 Å². The molecule has 2 rings (SSSR count). The molecule has 118 valence electrons. The van der Waals surface area contributed by atoms with Crippen LogP contribution in [-0.4, -0.2) is 39.0 Å². The quantitative estimate of drug-likeness (QED) is 0.797. The number of methoxy groups -OCH3 is 1. The van der Waals surface area contributed by atoms with Gasteiger partial charge in [-0.05, 0) is 49.4 Å². The standard InChI is InChI=1S/C15H22ClNO3S/c1-11-8-13(10-16)9-15(12(11)2)21(18,19)17-6-4-14(20-3)5-7-17/h8-9,14H,4-7,10H2,1-3H3. The molecule has 0 unspecified atom stereocenters. The van der Waals surface area contributed by atoms with Crippen LogP contribution in [0.5, 0.6) is 0 Å². The zero-order valence-electron chi connectivity index (χ0n) is 12.7. The second kappa shape index (κ2) is 6.65. The molecule has 0 aromatic heterocycles. The lowest BCUT2D eigenvalue weighted by Gasteiger charge is -2.31. The van der Waals surface area contributed by atoms with Crippen LogP contribution < -0.4 is 0 Å². The molecule has 4 nitrogen and oxygen atoms in total. The Labute approximate surface area is 132 Å². The van der Waals surface area contributed by atoms with E-state index >= 15 is 0 Å². The first-order valence-electron chi connectivity index (χ1n) is 7.09. The van der Waals surface area contributed by atoms with E-state index in [0.717, 1.165) is 29.5 Å². The first-order chi connectivity index (χ1) is 9.90. The van der Waals surface area contributed by atoms with Gasteiger partial charge >= 0.3 is 0 Å². The van der Waals surface area contributed by atoms with Crippen LogP contribution in [0.4, 0.5) is 0 Å². The number of rotatable bonds is 4. The molecule has 0 aliphatic carbocycles. The maximum atomic E-state index is 12.9. The zero-order chi connectivity index (χ0) is 15.6. The number of nitrogens with zero attached hydrogens (tertiary/aromatic N) is 1. The molecule has 1 aliphatic heterocycles. The fourth-order valence-corrected chi connectivity index (χ4v) is 4.66. The van der Waals surface area contributed by atoms with Crippen LogP contribution in [0.25, 0.3) is 0 Å². The van der Waals surface area contributed by atoms with Gasteiger partial charge in [-0.15, -0.1) is 11.6 Å². The molecule has 0 bridgehead atoms. The van der Waals surface area contributed by atoms with Crippen molar-refractivity contribution in [2.24, 2.45) is 0 Å².